The minimum absolute atomic E-state index is 0.0991. The van der Waals surface area contributed by atoms with Crippen LogP contribution in [0.25, 0.3) is 0 Å². The monoisotopic (exact) mass is 387 g/mol. The Balaban J connectivity index is 1.32. The van der Waals surface area contributed by atoms with Gasteiger partial charge in [-0.25, -0.2) is 4.98 Å². The predicted octanol–water partition coefficient (Wildman–Crippen LogP) is 2.27. The van der Waals surface area contributed by atoms with Crippen molar-refractivity contribution in [3.8, 4) is 0 Å². The Morgan fingerprint density at radius 2 is 2.07 bits per heavy atom. The Kier molecular flexibility index (Phi) is 4.16. The van der Waals surface area contributed by atoms with Crippen LogP contribution in [0.2, 0.25) is 0 Å². The lowest BCUT2D eigenvalue weighted by atomic mass is 10.1. The molecule has 2 amide bonds. The van der Waals surface area contributed by atoms with Gasteiger partial charge >= 0.3 is 0 Å². The number of nitrogens with zero attached hydrogens (tertiary/aromatic N) is 3. The fourth-order valence-electron chi connectivity index (χ4n) is 4.18. The van der Waals surface area contributed by atoms with Crippen LogP contribution in [0.5, 0.6) is 0 Å². The van der Waals surface area contributed by atoms with Gasteiger partial charge < -0.3 is 5.32 Å². The quantitative estimate of drug-likeness (QED) is 0.719. The van der Waals surface area contributed by atoms with E-state index in [9.17, 15) is 9.59 Å². The number of likely N-dealkylation sites (N-methyl/N-ethyl adjacent to an activating group) is 1. The van der Waals surface area contributed by atoms with E-state index in [1.54, 1.807) is 24.2 Å². The minimum Gasteiger partial charge on any atom is -0.339 e. The first-order valence-corrected chi connectivity index (χ1v) is 9.73. The van der Waals surface area contributed by atoms with Crippen LogP contribution in [0.3, 0.4) is 0 Å². The van der Waals surface area contributed by atoms with Crippen LogP contribution in [-0.4, -0.2) is 40.1 Å². The van der Waals surface area contributed by atoms with Crippen molar-refractivity contribution in [2.45, 2.75) is 24.8 Å². The highest BCUT2D eigenvalue weighted by Crippen LogP contribution is 2.53. The Labute approximate surface area is 168 Å². The normalized spacial score (nSPS) is 22.4. The second-order valence-electron chi connectivity index (χ2n) is 7.71. The molecule has 2 aliphatic rings. The molecule has 0 spiro atoms. The summed E-state index contributed by atoms with van der Waals surface area (Å²) in [7, 11) is 1.71. The molecule has 3 aromatic rings. The van der Waals surface area contributed by atoms with Crippen molar-refractivity contribution in [1.82, 2.24) is 20.5 Å². The molecule has 1 fully saturated rings. The van der Waals surface area contributed by atoms with Gasteiger partial charge in [-0.05, 0) is 41.5 Å². The van der Waals surface area contributed by atoms with Gasteiger partial charge in [0.15, 0.2) is 0 Å². The van der Waals surface area contributed by atoms with Gasteiger partial charge in [-0.2, -0.15) is 5.10 Å². The number of rotatable bonds is 4. The summed E-state index contributed by atoms with van der Waals surface area (Å²) in [6.07, 6.45) is 3.23. The first-order valence-electron chi connectivity index (χ1n) is 9.73. The zero-order valence-corrected chi connectivity index (χ0v) is 16.0. The van der Waals surface area contributed by atoms with Crippen LogP contribution < -0.4 is 10.2 Å². The van der Waals surface area contributed by atoms with Gasteiger partial charge in [0.25, 0.3) is 11.8 Å². The number of hydrogen-bond acceptors (Lipinski definition) is 4. The predicted molar refractivity (Wildman–Crippen MR) is 108 cm³/mol. The highest BCUT2D eigenvalue weighted by molar-refractivity contribution is 6.02. The van der Waals surface area contributed by atoms with Crippen LogP contribution in [0.4, 0.5) is 5.82 Å². The molecule has 0 radical (unpaired) electrons. The van der Waals surface area contributed by atoms with Crippen molar-refractivity contribution in [3.63, 3.8) is 0 Å². The first-order chi connectivity index (χ1) is 14.1. The van der Waals surface area contributed by atoms with E-state index in [1.807, 2.05) is 42.5 Å². The summed E-state index contributed by atoms with van der Waals surface area (Å²) in [6.45, 7) is 0. The molecule has 2 N–H and O–H groups in total. The summed E-state index contributed by atoms with van der Waals surface area (Å²) in [5.41, 5.74) is 3.36. The molecular weight excluding hydrogens is 366 g/mol. The van der Waals surface area contributed by atoms with E-state index in [0.717, 1.165) is 23.2 Å². The second kappa shape index (κ2) is 6.84. The van der Waals surface area contributed by atoms with E-state index < -0.39 is 6.04 Å². The van der Waals surface area contributed by atoms with Crippen molar-refractivity contribution in [2.24, 2.45) is 5.92 Å². The fourth-order valence-corrected chi connectivity index (χ4v) is 4.18. The number of carbonyl (C=O) groups excluding carboxylic acids is 2. The molecule has 7 heteroatoms. The SMILES string of the molecule is CN1C(=O)C(NC(=O)c2cc(Cc3ccccc3)[nH]n2)C2C[C@H]2c2cccnc21. The topological polar surface area (TPSA) is 91.0 Å². The summed E-state index contributed by atoms with van der Waals surface area (Å²) in [6, 6.07) is 15.1. The van der Waals surface area contributed by atoms with E-state index in [1.165, 1.54) is 0 Å². The zero-order valence-electron chi connectivity index (χ0n) is 16.0. The molecule has 7 nitrogen and oxygen atoms in total. The summed E-state index contributed by atoms with van der Waals surface area (Å²) in [4.78, 5) is 31.7. The van der Waals surface area contributed by atoms with Crippen LogP contribution in [0.15, 0.2) is 54.7 Å². The molecule has 0 saturated heterocycles. The van der Waals surface area contributed by atoms with Crippen molar-refractivity contribution in [1.29, 1.82) is 0 Å². The molecule has 146 valence electrons. The van der Waals surface area contributed by atoms with Crippen molar-refractivity contribution in [2.75, 3.05) is 11.9 Å². The molecule has 29 heavy (non-hydrogen) atoms. The van der Waals surface area contributed by atoms with Crippen molar-refractivity contribution >= 4 is 17.6 Å². The molecular formula is C22H21N5O2. The standard InChI is InChI=1S/C22H21N5O2/c1-27-20-15(8-5-9-23-20)16-12-17(16)19(22(27)29)24-21(28)18-11-14(25-26-18)10-13-6-3-2-4-7-13/h2-9,11,16-17,19H,10,12H2,1H3,(H,24,28)(H,25,26)/t16-,17?,19?/m0/s1. The molecule has 1 aliphatic heterocycles. The maximum Gasteiger partial charge on any atom is 0.272 e. The average Bonchev–Trinajstić information content (AvgIpc) is 3.41. The number of aromatic amines is 1. The van der Waals surface area contributed by atoms with Gasteiger partial charge in [-0.15, -0.1) is 0 Å². The number of anilines is 1. The molecule has 2 unspecified atom stereocenters. The summed E-state index contributed by atoms with van der Waals surface area (Å²) in [5, 5.41) is 9.99. The zero-order chi connectivity index (χ0) is 20.0. The molecule has 1 saturated carbocycles. The molecule has 3 atom stereocenters. The Morgan fingerprint density at radius 3 is 2.90 bits per heavy atom. The third-order valence-corrected chi connectivity index (χ3v) is 5.79. The molecule has 2 aromatic heterocycles. The summed E-state index contributed by atoms with van der Waals surface area (Å²) in [5.74, 6) is 0.569. The maximum atomic E-state index is 13.0. The van der Waals surface area contributed by atoms with Gasteiger partial charge in [-0.3, -0.25) is 19.6 Å². The smallest absolute Gasteiger partial charge is 0.272 e. The summed E-state index contributed by atoms with van der Waals surface area (Å²) < 4.78 is 0. The third kappa shape index (κ3) is 3.18. The van der Waals surface area contributed by atoms with Gasteiger partial charge in [0.2, 0.25) is 0 Å². The van der Waals surface area contributed by atoms with Crippen molar-refractivity contribution < 1.29 is 9.59 Å². The Hall–Kier alpha value is -3.48. The number of amides is 2. The van der Waals surface area contributed by atoms with Crippen LogP contribution in [0, 0.1) is 5.92 Å². The number of carbonyl (C=O) groups is 2. The van der Waals surface area contributed by atoms with Gasteiger partial charge in [-0.1, -0.05) is 36.4 Å². The third-order valence-electron chi connectivity index (χ3n) is 5.79. The Bertz CT molecular complexity index is 1080. The number of aromatic nitrogens is 3. The largest absolute Gasteiger partial charge is 0.339 e. The number of benzene rings is 1. The summed E-state index contributed by atoms with van der Waals surface area (Å²) >= 11 is 0. The highest BCUT2D eigenvalue weighted by Gasteiger charge is 2.52. The minimum atomic E-state index is -0.569. The van der Waals surface area contributed by atoms with Crippen molar-refractivity contribution in [3.05, 3.63) is 77.2 Å². The van der Waals surface area contributed by atoms with Crippen LogP contribution in [-0.2, 0) is 11.2 Å². The lowest BCUT2D eigenvalue weighted by molar-refractivity contribution is -0.120. The maximum absolute atomic E-state index is 13.0. The van der Waals surface area contributed by atoms with Gasteiger partial charge in [0, 0.05) is 25.4 Å². The van der Waals surface area contributed by atoms with E-state index in [4.69, 9.17) is 0 Å². The first kappa shape index (κ1) is 17.6. The van der Waals surface area contributed by atoms with Crippen LogP contribution >= 0.6 is 0 Å². The fraction of sp³-hybridized carbons (Fsp3) is 0.273. The average molecular weight is 387 g/mol. The molecule has 0 bridgehead atoms. The number of H-pyrrole nitrogens is 1. The van der Waals surface area contributed by atoms with Gasteiger partial charge in [0.05, 0.1) is 0 Å². The molecule has 3 heterocycles. The highest BCUT2D eigenvalue weighted by atomic mass is 16.2. The Morgan fingerprint density at radius 1 is 1.24 bits per heavy atom. The van der Waals surface area contributed by atoms with Gasteiger partial charge in [0.1, 0.15) is 17.6 Å². The molecule has 5 rings (SSSR count). The van der Waals surface area contributed by atoms with E-state index >= 15 is 0 Å². The number of fused-ring (bicyclic) bond motifs is 3. The number of nitrogens with one attached hydrogen (secondary N) is 2. The van der Waals surface area contributed by atoms with E-state index in [-0.39, 0.29) is 23.7 Å². The number of hydrogen-bond donors (Lipinski definition) is 2. The van der Waals surface area contributed by atoms with E-state index in [0.29, 0.717) is 17.9 Å². The lowest BCUT2D eigenvalue weighted by Crippen LogP contribution is -2.48. The molecule has 1 aromatic carbocycles. The second-order valence-corrected chi connectivity index (χ2v) is 7.71. The number of pyridine rings is 1. The van der Waals surface area contributed by atoms with Crippen LogP contribution in [0.1, 0.15) is 39.6 Å². The van der Waals surface area contributed by atoms with E-state index in [2.05, 4.69) is 20.5 Å². The lowest BCUT2D eigenvalue weighted by Gasteiger charge is -2.22. The molecule has 1 aliphatic carbocycles.